The molecule has 0 saturated carbocycles. The van der Waals surface area contributed by atoms with Crippen molar-refractivity contribution in [2.24, 2.45) is 7.05 Å². The molecule has 4 rings (SSSR count). The number of rotatable bonds is 6. The summed E-state index contributed by atoms with van der Waals surface area (Å²) < 4.78 is 8.56. The van der Waals surface area contributed by atoms with Gasteiger partial charge in [0.15, 0.2) is 10.4 Å². The van der Waals surface area contributed by atoms with Gasteiger partial charge in [0.25, 0.3) is 11.5 Å². The molecule has 0 bridgehead atoms. The number of aryl methyl sites for hydroxylation is 2. The third kappa shape index (κ3) is 3.99. The van der Waals surface area contributed by atoms with Gasteiger partial charge in [-0.05, 0) is 49.8 Å². The third-order valence-electron chi connectivity index (χ3n) is 5.10. The SMILES string of the molecule is COCCCn1c(=S)[nH]c2cc(C(=O)Nc3cnc4c(c3)c(C)nn4C)ccc2c1=O. The van der Waals surface area contributed by atoms with Crippen molar-refractivity contribution < 1.29 is 9.53 Å². The summed E-state index contributed by atoms with van der Waals surface area (Å²) in [5.74, 6) is -0.312. The monoisotopic (exact) mass is 438 g/mol. The van der Waals surface area contributed by atoms with Gasteiger partial charge in [0, 0.05) is 38.3 Å². The van der Waals surface area contributed by atoms with Crippen LogP contribution in [0.15, 0.2) is 35.3 Å². The maximum absolute atomic E-state index is 12.8. The van der Waals surface area contributed by atoms with E-state index in [1.165, 1.54) is 4.57 Å². The summed E-state index contributed by atoms with van der Waals surface area (Å²) in [5, 5.41) is 8.53. The third-order valence-corrected chi connectivity index (χ3v) is 5.42. The van der Waals surface area contributed by atoms with Gasteiger partial charge in [-0.15, -0.1) is 0 Å². The number of anilines is 1. The van der Waals surface area contributed by atoms with Crippen LogP contribution in [0.1, 0.15) is 22.5 Å². The molecule has 0 unspecified atom stereocenters. The lowest BCUT2D eigenvalue weighted by Crippen LogP contribution is -2.23. The maximum Gasteiger partial charge on any atom is 0.262 e. The molecule has 0 aliphatic rings. The van der Waals surface area contributed by atoms with Crippen LogP contribution >= 0.6 is 12.2 Å². The predicted molar refractivity (Wildman–Crippen MR) is 121 cm³/mol. The molecule has 0 aliphatic carbocycles. The Bertz CT molecular complexity index is 1420. The second kappa shape index (κ2) is 8.40. The van der Waals surface area contributed by atoms with Crippen molar-refractivity contribution in [2.45, 2.75) is 19.9 Å². The van der Waals surface area contributed by atoms with E-state index in [-0.39, 0.29) is 11.5 Å². The number of nitrogens with one attached hydrogen (secondary N) is 2. The Morgan fingerprint density at radius 3 is 2.87 bits per heavy atom. The minimum Gasteiger partial charge on any atom is -0.385 e. The number of methoxy groups -OCH3 is 1. The van der Waals surface area contributed by atoms with Gasteiger partial charge in [0.2, 0.25) is 0 Å². The number of benzene rings is 1. The van der Waals surface area contributed by atoms with E-state index in [1.807, 2.05) is 20.0 Å². The van der Waals surface area contributed by atoms with E-state index in [0.717, 1.165) is 16.7 Å². The van der Waals surface area contributed by atoms with Gasteiger partial charge in [-0.3, -0.25) is 18.8 Å². The fraction of sp³-hybridized carbons (Fsp3) is 0.286. The van der Waals surface area contributed by atoms with Gasteiger partial charge < -0.3 is 15.0 Å². The first-order chi connectivity index (χ1) is 14.9. The summed E-state index contributed by atoms with van der Waals surface area (Å²) in [7, 11) is 3.44. The number of nitrogens with zero attached hydrogens (tertiary/aromatic N) is 4. The van der Waals surface area contributed by atoms with Crippen molar-refractivity contribution in [1.29, 1.82) is 0 Å². The van der Waals surface area contributed by atoms with Gasteiger partial charge in [-0.25, -0.2) is 4.98 Å². The molecule has 9 nitrogen and oxygen atoms in total. The number of H-pyrrole nitrogens is 1. The largest absolute Gasteiger partial charge is 0.385 e. The smallest absolute Gasteiger partial charge is 0.262 e. The summed E-state index contributed by atoms with van der Waals surface area (Å²) >= 11 is 5.34. The molecule has 0 fully saturated rings. The standard InChI is InChI=1S/C21H22N6O3S/c1-12-16-10-14(11-22-18(16)26(2)25-12)23-19(28)13-5-6-15-17(9-13)24-21(31)27(20(15)29)7-4-8-30-3/h5-6,9-11H,4,7-8H2,1-3H3,(H,23,28)(H,24,31). The molecule has 0 saturated heterocycles. The van der Waals surface area contributed by atoms with Crippen LogP contribution in [0.25, 0.3) is 21.9 Å². The van der Waals surface area contributed by atoms with Crippen LogP contribution in [-0.2, 0) is 18.3 Å². The van der Waals surface area contributed by atoms with Crippen LogP contribution in [-0.4, -0.2) is 43.9 Å². The maximum atomic E-state index is 12.8. The predicted octanol–water partition coefficient (Wildman–Crippen LogP) is 2.94. The van der Waals surface area contributed by atoms with Crippen LogP contribution in [0.2, 0.25) is 0 Å². The molecule has 0 atom stereocenters. The van der Waals surface area contributed by atoms with Gasteiger partial charge in [-0.1, -0.05) is 0 Å². The van der Waals surface area contributed by atoms with E-state index in [1.54, 1.807) is 36.2 Å². The van der Waals surface area contributed by atoms with E-state index in [2.05, 4.69) is 20.4 Å². The molecule has 10 heteroatoms. The minimum atomic E-state index is -0.312. The zero-order chi connectivity index (χ0) is 22.1. The highest BCUT2D eigenvalue weighted by atomic mass is 32.1. The highest BCUT2D eigenvalue weighted by Crippen LogP contribution is 2.20. The van der Waals surface area contributed by atoms with Crippen LogP contribution < -0.4 is 10.9 Å². The summed E-state index contributed by atoms with van der Waals surface area (Å²) in [6, 6.07) is 6.73. The van der Waals surface area contributed by atoms with Crippen LogP contribution in [0, 0.1) is 11.7 Å². The minimum absolute atomic E-state index is 0.191. The summed E-state index contributed by atoms with van der Waals surface area (Å²) in [5.41, 5.74) is 2.87. The Labute approximate surface area is 182 Å². The van der Waals surface area contributed by atoms with Crippen molar-refractivity contribution >= 4 is 45.7 Å². The Hall–Kier alpha value is -3.37. The van der Waals surface area contributed by atoms with E-state index in [0.29, 0.717) is 46.5 Å². The molecule has 2 N–H and O–H groups in total. The lowest BCUT2D eigenvalue weighted by Gasteiger charge is -2.09. The first kappa shape index (κ1) is 20.9. The van der Waals surface area contributed by atoms with E-state index in [9.17, 15) is 9.59 Å². The summed E-state index contributed by atoms with van der Waals surface area (Å²) in [6.07, 6.45) is 2.27. The molecule has 3 aromatic heterocycles. The fourth-order valence-electron chi connectivity index (χ4n) is 3.55. The zero-order valence-electron chi connectivity index (χ0n) is 17.4. The number of hydrogen-bond acceptors (Lipinski definition) is 6. The number of aromatic amines is 1. The van der Waals surface area contributed by atoms with Crippen molar-refractivity contribution in [3.8, 4) is 0 Å². The van der Waals surface area contributed by atoms with Gasteiger partial charge in [0.1, 0.15) is 0 Å². The number of hydrogen-bond donors (Lipinski definition) is 2. The second-order valence-electron chi connectivity index (χ2n) is 7.25. The quantitative estimate of drug-likeness (QED) is 0.354. The molecule has 0 radical (unpaired) electrons. The van der Waals surface area contributed by atoms with Crippen LogP contribution in [0.4, 0.5) is 5.69 Å². The summed E-state index contributed by atoms with van der Waals surface area (Å²) in [6.45, 7) is 2.89. The topological polar surface area (TPSA) is 107 Å². The van der Waals surface area contributed by atoms with Crippen molar-refractivity contribution in [1.82, 2.24) is 24.3 Å². The summed E-state index contributed by atoms with van der Waals surface area (Å²) in [4.78, 5) is 33.0. The molecule has 4 aromatic rings. The molecule has 0 spiro atoms. The molecule has 160 valence electrons. The molecule has 1 aromatic carbocycles. The van der Waals surface area contributed by atoms with E-state index >= 15 is 0 Å². The number of carbonyl (C=O) groups excluding carboxylic acids is 1. The Kier molecular flexibility index (Phi) is 5.66. The van der Waals surface area contributed by atoms with Gasteiger partial charge >= 0.3 is 0 Å². The second-order valence-corrected chi connectivity index (χ2v) is 7.64. The first-order valence-corrected chi connectivity index (χ1v) is 10.2. The molecule has 31 heavy (non-hydrogen) atoms. The average Bonchev–Trinajstić information content (AvgIpc) is 3.03. The van der Waals surface area contributed by atoms with Crippen LogP contribution in [0.3, 0.4) is 0 Å². The number of fused-ring (bicyclic) bond motifs is 2. The molecule has 0 aliphatic heterocycles. The number of aromatic nitrogens is 5. The van der Waals surface area contributed by atoms with E-state index in [4.69, 9.17) is 17.0 Å². The van der Waals surface area contributed by atoms with E-state index < -0.39 is 0 Å². The highest BCUT2D eigenvalue weighted by Gasteiger charge is 2.13. The molecule has 1 amide bonds. The Morgan fingerprint density at radius 2 is 2.10 bits per heavy atom. The van der Waals surface area contributed by atoms with Gasteiger partial charge in [-0.2, -0.15) is 5.10 Å². The van der Waals surface area contributed by atoms with Crippen molar-refractivity contribution in [3.05, 3.63) is 56.8 Å². The highest BCUT2D eigenvalue weighted by molar-refractivity contribution is 7.71. The Balaban J connectivity index is 1.63. The fourth-order valence-corrected chi connectivity index (χ4v) is 3.83. The normalized spacial score (nSPS) is 11.3. The zero-order valence-corrected chi connectivity index (χ0v) is 18.2. The average molecular weight is 439 g/mol. The molecule has 3 heterocycles. The number of ether oxygens (including phenoxy) is 1. The van der Waals surface area contributed by atoms with Crippen LogP contribution in [0.5, 0.6) is 0 Å². The molecular formula is C21H22N6O3S. The number of pyridine rings is 1. The molecular weight excluding hydrogens is 416 g/mol. The lowest BCUT2D eigenvalue weighted by molar-refractivity contribution is 0.102. The Morgan fingerprint density at radius 1 is 1.29 bits per heavy atom. The van der Waals surface area contributed by atoms with Crippen molar-refractivity contribution in [2.75, 3.05) is 19.0 Å². The first-order valence-electron chi connectivity index (χ1n) is 9.75. The van der Waals surface area contributed by atoms with Gasteiger partial charge in [0.05, 0.1) is 28.5 Å². The number of amides is 1. The van der Waals surface area contributed by atoms with Crippen molar-refractivity contribution in [3.63, 3.8) is 0 Å². The number of carbonyl (C=O) groups is 1. The lowest BCUT2D eigenvalue weighted by atomic mass is 10.1.